The lowest BCUT2D eigenvalue weighted by molar-refractivity contribution is 0.377. The molecular weight excluding hydrogens is 112 g/mol. The molecule has 0 amide bonds. The number of ether oxygens (including phenoxy) is 1. The van der Waals surface area contributed by atoms with Crippen LogP contribution in [0, 0.1) is 12.5 Å². The average molecular weight is 118 g/mol. The summed E-state index contributed by atoms with van der Waals surface area (Å²) in [5.41, 5.74) is 1.19. The number of fused-ring (bicyclic) bond motifs is 1. The molecule has 0 aromatic heterocycles. The van der Waals surface area contributed by atoms with E-state index in [1.54, 1.807) is 0 Å². The highest BCUT2D eigenvalue weighted by Crippen LogP contribution is 2.24. The molecule has 1 aliphatic rings. The Morgan fingerprint density at radius 2 is 2.56 bits per heavy atom. The Morgan fingerprint density at radius 3 is 3.44 bits per heavy atom. The number of benzene rings is 1. The van der Waals surface area contributed by atoms with E-state index in [-0.39, 0.29) is 0 Å². The van der Waals surface area contributed by atoms with E-state index in [1.807, 2.05) is 18.2 Å². The fourth-order valence-electron chi connectivity index (χ4n) is 0.942. The molecule has 2 radical (unpaired) electrons. The molecule has 0 atom stereocenters. The first kappa shape index (κ1) is 4.86. The van der Waals surface area contributed by atoms with Gasteiger partial charge in [-0.2, -0.15) is 0 Å². The van der Waals surface area contributed by atoms with Crippen molar-refractivity contribution in [2.75, 3.05) is 6.61 Å². The molecule has 1 aromatic rings. The zero-order chi connectivity index (χ0) is 6.10. The molecular formula is C8H6O. The van der Waals surface area contributed by atoms with Crippen molar-refractivity contribution >= 4 is 0 Å². The van der Waals surface area contributed by atoms with Crippen molar-refractivity contribution in [2.45, 2.75) is 0 Å². The van der Waals surface area contributed by atoms with Crippen LogP contribution in [-0.2, 0) is 0 Å². The predicted molar refractivity (Wildman–Crippen MR) is 34.2 cm³/mol. The van der Waals surface area contributed by atoms with Crippen LogP contribution in [0.5, 0.6) is 5.75 Å². The van der Waals surface area contributed by atoms with Gasteiger partial charge in [-0.25, -0.2) is 0 Å². The fraction of sp³-hybridized carbons (Fsp3) is 0.125. The van der Waals surface area contributed by atoms with Crippen LogP contribution in [0.1, 0.15) is 5.56 Å². The van der Waals surface area contributed by atoms with Gasteiger partial charge in [0.25, 0.3) is 0 Å². The highest BCUT2D eigenvalue weighted by Gasteiger charge is 2.09. The van der Waals surface area contributed by atoms with Crippen LogP contribution in [0.3, 0.4) is 0 Å². The van der Waals surface area contributed by atoms with Crippen LogP contribution in [0.2, 0.25) is 0 Å². The Kier molecular flexibility index (Phi) is 0.950. The molecule has 0 fully saturated rings. The fourth-order valence-corrected chi connectivity index (χ4v) is 0.942. The van der Waals surface area contributed by atoms with Crippen LogP contribution in [0.15, 0.2) is 18.2 Å². The third kappa shape index (κ3) is 0.689. The summed E-state index contributed by atoms with van der Waals surface area (Å²) in [7, 11) is 0. The second-order valence-corrected chi connectivity index (χ2v) is 1.98. The van der Waals surface area contributed by atoms with Crippen molar-refractivity contribution < 1.29 is 4.74 Å². The van der Waals surface area contributed by atoms with Crippen molar-refractivity contribution in [2.24, 2.45) is 0 Å². The molecule has 1 nitrogen and oxygen atoms in total. The average Bonchev–Trinajstić information content (AvgIpc) is 2.33. The number of rotatable bonds is 0. The summed E-state index contributed by atoms with van der Waals surface area (Å²) in [6.07, 6.45) is 2.06. The summed E-state index contributed by atoms with van der Waals surface area (Å²) in [5.74, 6) is 0.956. The maximum Gasteiger partial charge on any atom is 0.123 e. The molecule has 1 aromatic carbocycles. The van der Waals surface area contributed by atoms with Crippen molar-refractivity contribution in [1.82, 2.24) is 0 Å². The first-order valence-corrected chi connectivity index (χ1v) is 2.93. The molecule has 1 heteroatoms. The van der Waals surface area contributed by atoms with Crippen LogP contribution >= 0.6 is 0 Å². The zero-order valence-corrected chi connectivity index (χ0v) is 4.92. The van der Waals surface area contributed by atoms with Gasteiger partial charge in [-0.3, -0.25) is 0 Å². The largest absolute Gasteiger partial charge is 0.493 e. The van der Waals surface area contributed by atoms with Gasteiger partial charge in [-0.15, -0.1) is 0 Å². The van der Waals surface area contributed by atoms with Gasteiger partial charge in [0, 0.05) is 12.0 Å². The molecule has 0 spiro atoms. The van der Waals surface area contributed by atoms with Crippen LogP contribution in [-0.4, -0.2) is 6.61 Å². The molecule has 2 rings (SSSR count). The Hall–Kier alpha value is -0.980. The Labute approximate surface area is 54.3 Å². The molecule has 44 valence electrons. The highest BCUT2D eigenvalue weighted by molar-refractivity contribution is 5.41. The van der Waals surface area contributed by atoms with E-state index in [1.165, 1.54) is 5.56 Å². The van der Waals surface area contributed by atoms with Crippen molar-refractivity contribution in [3.63, 3.8) is 0 Å². The highest BCUT2D eigenvalue weighted by atomic mass is 16.5. The van der Waals surface area contributed by atoms with E-state index in [0.29, 0.717) is 6.61 Å². The summed E-state index contributed by atoms with van der Waals surface area (Å²) in [4.78, 5) is 0. The normalized spacial score (nSPS) is 14.7. The number of hydrogen-bond donors (Lipinski definition) is 0. The monoisotopic (exact) mass is 118 g/mol. The Bertz CT molecular complexity index is 195. The van der Waals surface area contributed by atoms with Gasteiger partial charge >= 0.3 is 0 Å². The van der Waals surface area contributed by atoms with Crippen molar-refractivity contribution in [3.8, 4) is 5.75 Å². The topological polar surface area (TPSA) is 9.23 Å². The van der Waals surface area contributed by atoms with E-state index in [9.17, 15) is 0 Å². The molecule has 0 aliphatic carbocycles. The van der Waals surface area contributed by atoms with Gasteiger partial charge < -0.3 is 4.74 Å². The summed E-state index contributed by atoms with van der Waals surface area (Å²) < 4.78 is 5.21. The lowest BCUT2D eigenvalue weighted by Crippen LogP contribution is -1.83. The minimum absolute atomic E-state index is 0.715. The second-order valence-electron chi connectivity index (χ2n) is 1.98. The van der Waals surface area contributed by atoms with E-state index in [2.05, 4.69) is 12.5 Å². The maximum absolute atomic E-state index is 5.21. The Morgan fingerprint density at radius 1 is 1.56 bits per heavy atom. The first-order chi connectivity index (χ1) is 4.47. The minimum atomic E-state index is 0.715. The van der Waals surface area contributed by atoms with Crippen LogP contribution in [0.25, 0.3) is 0 Å². The lowest BCUT2D eigenvalue weighted by Gasteiger charge is -1.93. The second kappa shape index (κ2) is 1.76. The molecule has 1 heterocycles. The standard InChI is InChI=1S/C8H6O/c1-2-4-8-7(3-1)5-6-9-8/h1,3-5H,6H2. The van der Waals surface area contributed by atoms with Gasteiger partial charge in [-0.1, -0.05) is 12.1 Å². The molecule has 0 bridgehead atoms. The quantitative estimate of drug-likeness (QED) is 0.500. The Balaban J connectivity index is 2.54. The molecule has 0 N–H and O–H groups in total. The zero-order valence-electron chi connectivity index (χ0n) is 4.92. The molecule has 0 saturated heterocycles. The van der Waals surface area contributed by atoms with E-state index < -0.39 is 0 Å². The summed E-state index contributed by atoms with van der Waals surface area (Å²) in [5, 5.41) is 0. The molecule has 1 aliphatic heterocycles. The van der Waals surface area contributed by atoms with E-state index in [0.717, 1.165) is 5.75 Å². The van der Waals surface area contributed by atoms with Crippen LogP contribution < -0.4 is 4.74 Å². The van der Waals surface area contributed by atoms with E-state index in [4.69, 9.17) is 4.74 Å². The molecule has 0 saturated carbocycles. The summed E-state index contributed by atoms with van der Waals surface area (Å²) in [6.45, 7) is 0.715. The molecule has 0 unspecified atom stereocenters. The summed E-state index contributed by atoms with van der Waals surface area (Å²) >= 11 is 0. The van der Waals surface area contributed by atoms with Crippen molar-refractivity contribution in [3.05, 3.63) is 36.2 Å². The van der Waals surface area contributed by atoms with E-state index >= 15 is 0 Å². The number of hydrogen-bond acceptors (Lipinski definition) is 1. The van der Waals surface area contributed by atoms with Crippen LogP contribution in [0.4, 0.5) is 0 Å². The third-order valence-electron chi connectivity index (χ3n) is 1.40. The third-order valence-corrected chi connectivity index (χ3v) is 1.40. The van der Waals surface area contributed by atoms with Gasteiger partial charge in [0.15, 0.2) is 0 Å². The molecule has 9 heavy (non-hydrogen) atoms. The van der Waals surface area contributed by atoms with Gasteiger partial charge in [0.1, 0.15) is 5.75 Å². The smallest absolute Gasteiger partial charge is 0.123 e. The first-order valence-electron chi connectivity index (χ1n) is 2.93. The van der Waals surface area contributed by atoms with Gasteiger partial charge in [0.2, 0.25) is 0 Å². The maximum atomic E-state index is 5.21. The lowest BCUT2D eigenvalue weighted by atomic mass is 10.2. The van der Waals surface area contributed by atoms with Gasteiger partial charge in [-0.05, 0) is 12.1 Å². The SMILES string of the molecule is [c]1ccc2c(c1)OC[CH]2. The predicted octanol–water partition coefficient (Wildman–Crippen LogP) is 1.43. The minimum Gasteiger partial charge on any atom is -0.493 e. The van der Waals surface area contributed by atoms with Crippen molar-refractivity contribution in [1.29, 1.82) is 0 Å². The summed E-state index contributed by atoms with van der Waals surface area (Å²) in [6, 6.07) is 8.70. The van der Waals surface area contributed by atoms with Gasteiger partial charge in [0.05, 0.1) is 6.61 Å².